The molecule has 0 radical (unpaired) electrons. The highest BCUT2D eigenvalue weighted by Crippen LogP contribution is 2.33. The predicted octanol–water partition coefficient (Wildman–Crippen LogP) is 3.64. The lowest BCUT2D eigenvalue weighted by Gasteiger charge is -2.13. The van der Waals surface area contributed by atoms with Crippen LogP contribution in [0, 0.1) is 24.0 Å². The van der Waals surface area contributed by atoms with E-state index >= 15 is 0 Å². The lowest BCUT2D eigenvalue weighted by atomic mass is 10.1. The van der Waals surface area contributed by atoms with Gasteiger partial charge in [0.2, 0.25) is 5.91 Å². The number of amides is 3. The molecule has 0 aliphatic carbocycles. The van der Waals surface area contributed by atoms with E-state index in [1.807, 2.05) is 0 Å². The van der Waals surface area contributed by atoms with Crippen molar-refractivity contribution >= 4 is 52.2 Å². The van der Waals surface area contributed by atoms with Crippen molar-refractivity contribution in [2.45, 2.75) is 26.7 Å². The van der Waals surface area contributed by atoms with E-state index in [-0.39, 0.29) is 41.0 Å². The van der Waals surface area contributed by atoms with Gasteiger partial charge in [-0.3, -0.25) is 29.4 Å². The van der Waals surface area contributed by atoms with E-state index < -0.39 is 16.1 Å². The molecule has 1 aliphatic heterocycles. The van der Waals surface area contributed by atoms with E-state index in [0.717, 1.165) is 27.9 Å². The quantitative estimate of drug-likeness (QED) is 0.345. The van der Waals surface area contributed by atoms with Crippen LogP contribution in [0.2, 0.25) is 5.02 Å². The summed E-state index contributed by atoms with van der Waals surface area (Å²) in [5, 5.41) is 17.1. The molecule has 3 rings (SSSR count). The maximum atomic E-state index is 12.6. The van der Waals surface area contributed by atoms with Gasteiger partial charge in [-0.25, -0.2) is 0 Å². The molecule has 1 fully saturated rings. The summed E-state index contributed by atoms with van der Waals surface area (Å²) in [6.07, 6.45) is 2.10. The summed E-state index contributed by atoms with van der Waals surface area (Å²) in [6.45, 7) is 3.71. The topological polar surface area (TPSA) is 136 Å². The normalized spacial score (nSPS) is 15.0. The molecule has 32 heavy (non-hydrogen) atoms. The summed E-state index contributed by atoms with van der Waals surface area (Å²) in [5.41, 5.74) is 1.71. The second-order valence-corrected chi connectivity index (χ2v) is 8.35. The molecule has 1 aliphatic rings. The highest BCUT2D eigenvalue weighted by Gasteiger charge is 2.34. The van der Waals surface area contributed by atoms with Crippen LogP contribution in [0.5, 0.6) is 0 Å². The molecule has 0 atom stereocenters. The fourth-order valence-electron chi connectivity index (χ4n) is 3.10. The summed E-state index contributed by atoms with van der Waals surface area (Å²) >= 11 is 6.52. The fraction of sp³-hybridized carbons (Fsp3) is 0.300. The number of aromatic nitrogens is 1. The molecular weight excluding hydrogens is 460 g/mol. The van der Waals surface area contributed by atoms with Crippen LogP contribution in [0.1, 0.15) is 29.0 Å². The van der Waals surface area contributed by atoms with Gasteiger partial charge < -0.3 is 9.84 Å². The number of halogens is 1. The summed E-state index contributed by atoms with van der Waals surface area (Å²) in [4.78, 5) is 48.4. The van der Waals surface area contributed by atoms with Crippen molar-refractivity contribution in [1.29, 1.82) is 0 Å². The van der Waals surface area contributed by atoms with Gasteiger partial charge in [0.1, 0.15) is 10.8 Å². The van der Waals surface area contributed by atoms with E-state index in [2.05, 4.69) is 10.5 Å². The van der Waals surface area contributed by atoms with Gasteiger partial charge in [-0.1, -0.05) is 22.8 Å². The van der Waals surface area contributed by atoms with Crippen LogP contribution in [0.25, 0.3) is 6.08 Å². The minimum atomic E-state index is -0.625. The summed E-state index contributed by atoms with van der Waals surface area (Å²) in [7, 11) is 0. The van der Waals surface area contributed by atoms with Crippen molar-refractivity contribution in [1.82, 2.24) is 15.4 Å². The van der Waals surface area contributed by atoms with E-state index in [9.17, 15) is 24.5 Å². The van der Waals surface area contributed by atoms with Crippen molar-refractivity contribution in [3.63, 3.8) is 0 Å². The first kappa shape index (κ1) is 23.5. The van der Waals surface area contributed by atoms with Crippen LogP contribution >= 0.6 is 23.4 Å². The standard InChI is InChI=1S/C20H19ClN4O6S/c1-11-14(12(2)31-23-11)4-6-18(26)22-7-8-24-19(27)17(32-20(24)28)10-13-3-5-15(21)16(9-13)25(29)30/h3,5,9-10H,4,6-8H2,1-2H3,(H,22,26)/b17-10-. The van der Waals surface area contributed by atoms with Gasteiger partial charge in [-0.2, -0.15) is 0 Å². The lowest BCUT2D eigenvalue weighted by molar-refractivity contribution is -0.384. The van der Waals surface area contributed by atoms with Gasteiger partial charge >= 0.3 is 0 Å². The second-order valence-electron chi connectivity index (χ2n) is 6.95. The third-order valence-electron chi connectivity index (χ3n) is 4.78. The molecule has 168 valence electrons. The Hall–Kier alpha value is -3.18. The molecule has 12 heteroatoms. The third kappa shape index (κ3) is 5.35. The first-order valence-electron chi connectivity index (χ1n) is 9.55. The van der Waals surface area contributed by atoms with Crippen LogP contribution in [0.3, 0.4) is 0 Å². The molecule has 2 heterocycles. The Morgan fingerprint density at radius 3 is 2.78 bits per heavy atom. The van der Waals surface area contributed by atoms with Crippen LogP contribution < -0.4 is 5.32 Å². The van der Waals surface area contributed by atoms with Gasteiger partial charge in [-0.05, 0) is 49.7 Å². The number of nitro groups is 1. The van der Waals surface area contributed by atoms with Gasteiger partial charge in [-0.15, -0.1) is 0 Å². The van der Waals surface area contributed by atoms with Crippen LogP contribution in [-0.2, 0) is 16.0 Å². The monoisotopic (exact) mass is 478 g/mol. The lowest BCUT2D eigenvalue weighted by Crippen LogP contribution is -2.37. The average Bonchev–Trinajstić information content (AvgIpc) is 3.20. The van der Waals surface area contributed by atoms with E-state index in [1.54, 1.807) is 13.8 Å². The van der Waals surface area contributed by atoms with Crippen molar-refractivity contribution in [3.8, 4) is 0 Å². The van der Waals surface area contributed by atoms with E-state index in [0.29, 0.717) is 17.7 Å². The van der Waals surface area contributed by atoms with Gasteiger partial charge in [0.05, 0.1) is 15.5 Å². The third-order valence-corrected chi connectivity index (χ3v) is 6.01. The van der Waals surface area contributed by atoms with Crippen molar-refractivity contribution < 1.29 is 23.8 Å². The molecule has 2 aromatic rings. The molecular formula is C20H19ClN4O6S. The number of imide groups is 1. The zero-order chi connectivity index (χ0) is 23.4. The first-order chi connectivity index (χ1) is 15.2. The highest BCUT2D eigenvalue weighted by molar-refractivity contribution is 8.18. The van der Waals surface area contributed by atoms with E-state index in [1.165, 1.54) is 24.3 Å². The number of carbonyl (C=O) groups excluding carboxylic acids is 3. The Balaban J connectivity index is 1.55. The number of rotatable bonds is 8. The molecule has 0 saturated carbocycles. The number of benzene rings is 1. The smallest absolute Gasteiger partial charge is 0.293 e. The molecule has 10 nitrogen and oxygen atoms in total. The zero-order valence-electron chi connectivity index (χ0n) is 17.2. The SMILES string of the molecule is Cc1noc(C)c1CCC(=O)NCCN1C(=O)S/C(=C\c2ccc(Cl)c([N+](=O)[O-])c2)C1=O. The highest BCUT2D eigenvalue weighted by atomic mass is 35.5. The van der Waals surface area contributed by atoms with Crippen molar-refractivity contribution in [3.05, 3.63) is 60.8 Å². The molecule has 3 amide bonds. The zero-order valence-corrected chi connectivity index (χ0v) is 18.8. The van der Waals surface area contributed by atoms with Crippen LogP contribution in [-0.4, -0.2) is 45.1 Å². The Labute approximate surface area is 192 Å². The number of nitrogens with one attached hydrogen (secondary N) is 1. The first-order valence-corrected chi connectivity index (χ1v) is 10.7. The summed E-state index contributed by atoms with van der Waals surface area (Å²) in [5.74, 6) is -0.0746. The van der Waals surface area contributed by atoms with E-state index in [4.69, 9.17) is 16.1 Å². The number of carbonyl (C=O) groups is 3. The number of aryl methyl sites for hydroxylation is 2. The molecule has 1 N–H and O–H groups in total. The Morgan fingerprint density at radius 1 is 1.38 bits per heavy atom. The molecule has 0 unspecified atom stereocenters. The van der Waals surface area contributed by atoms with Gasteiger partial charge in [0, 0.05) is 31.1 Å². The molecule has 1 aromatic carbocycles. The average molecular weight is 479 g/mol. The van der Waals surface area contributed by atoms with Crippen LogP contribution in [0.4, 0.5) is 10.5 Å². The molecule has 0 bridgehead atoms. The number of nitrogens with zero attached hydrogens (tertiary/aromatic N) is 3. The molecule has 1 saturated heterocycles. The number of hydrogen-bond donors (Lipinski definition) is 1. The van der Waals surface area contributed by atoms with Crippen molar-refractivity contribution in [2.24, 2.45) is 0 Å². The maximum Gasteiger partial charge on any atom is 0.293 e. The van der Waals surface area contributed by atoms with Gasteiger partial charge in [0.25, 0.3) is 16.8 Å². The molecule has 1 aromatic heterocycles. The predicted molar refractivity (Wildman–Crippen MR) is 118 cm³/mol. The molecule has 0 spiro atoms. The summed E-state index contributed by atoms with van der Waals surface area (Å²) in [6, 6.07) is 4.10. The van der Waals surface area contributed by atoms with Crippen molar-refractivity contribution in [2.75, 3.05) is 13.1 Å². The fourth-order valence-corrected chi connectivity index (χ4v) is 4.15. The minimum Gasteiger partial charge on any atom is -0.361 e. The maximum absolute atomic E-state index is 12.6. The number of hydrogen-bond acceptors (Lipinski definition) is 8. The van der Waals surface area contributed by atoms with Crippen LogP contribution in [0.15, 0.2) is 27.6 Å². The number of nitro benzene ring substituents is 1. The summed E-state index contributed by atoms with van der Waals surface area (Å²) < 4.78 is 5.07. The number of thioether (sulfide) groups is 1. The Bertz CT molecular complexity index is 1110. The largest absolute Gasteiger partial charge is 0.361 e. The Morgan fingerprint density at radius 2 is 2.12 bits per heavy atom. The van der Waals surface area contributed by atoms with Gasteiger partial charge in [0.15, 0.2) is 0 Å². The second kappa shape index (κ2) is 9.96. The minimum absolute atomic E-state index is 0.0137. The Kier molecular flexibility index (Phi) is 7.31.